The van der Waals surface area contributed by atoms with Crippen molar-refractivity contribution >= 4 is 29.5 Å². The van der Waals surface area contributed by atoms with Crippen LogP contribution in [-0.4, -0.2) is 24.1 Å². The van der Waals surface area contributed by atoms with Gasteiger partial charge in [0, 0.05) is 12.6 Å². The Labute approximate surface area is 163 Å². The second-order valence-corrected chi connectivity index (χ2v) is 7.38. The van der Waals surface area contributed by atoms with E-state index in [-0.39, 0.29) is 12.4 Å². The third-order valence-corrected chi connectivity index (χ3v) is 5.16. The first-order chi connectivity index (χ1) is 12.3. The summed E-state index contributed by atoms with van der Waals surface area (Å²) in [5.41, 5.74) is 3.22. The molecule has 1 saturated heterocycles. The maximum atomic E-state index is 5.90. The molecule has 1 fully saturated rings. The fraction of sp³-hybridized carbons (Fsp3) is 0.667. The van der Waals surface area contributed by atoms with Gasteiger partial charge in [-0.3, -0.25) is 0 Å². The third-order valence-electron chi connectivity index (χ3n) is 5.16. The van der Waals surface area contributed by atoms with Crippen LogP contribution in [-0.2, 0) is 6.42 Å². The summed E-state index contributed by atoms with van der Waals surface area (Å²) in [4.78, 5) is 4.56. The highest BCUT2D eigenvalue weighted by atomic mass is 35.5. The van der Waals surface area contributed by atoms with Crippen LogP contribution in [0.3, 0.4) is 0 Å². The van der Waals surface area contributed by atoms with Crippen LogP contribution in [0.1, 0.15) is 70.3 Å². The summed E-state index contributed by atoms with van der Waals surface area (Å²) in [6.45, 7) is 4.33. The molecule has 0 saturated carbocycles. The molecule has 1 aliphatic rings. The monoisotopic (exact) mass is 379 g/mol. The van der Waals surface area contributed by atoms with E-state index in [1.54, 1.807) is 0 Å². The lowest BCUT2D eigenvalue weighted by Crippen LogP contribution is -2.22. The number of aryl methyl sites for hydroxylation is 1. The van der Waals surface area contributed by atoms with Crippen molar-refractivity contribution in [1.29, 1.82) is 0 Å². The van der Waals surface area contributed by atoms with Crippen molar-refractivity contribution in [2.75, 3.05) is 18.4 Å². The maximum absolute atomic E-state index is 5.90. The van der Waals surface area contributed by atoms with E-state index >= 15 is 0 Å². The predicted octanol–water partition coefficient (Wildman–Crippen LogP) is 5.71. The van der Waals surface area contributed by atoms with Crippen LogP contribution in [0.25, 0.3) is 11.1 Å². The van der Waals surface area contributed by atoms with Gasteiger partial charge in [0.1, 0.15) is 5.52 Å². The molecule has 5 heteroatoms. The number of rotatable bonds is 11. The largest absolute Gasteiger partial charge is 0.424 e. The van der Waals surface area contributed by atoms with Gasteiger partial charge in [-0.2, -0.15) is 4.98 Å². The highest BCUT2D eigenvalue weighted by Gasteiger charge is 2.16. The second kappa shape index (κ2) is 11.5. The van der Waals surface area contributed by atoms with Gasteiger partial charge in [0.25, 0.3) is 6.01 Å². The average Bonchev–Trinajstić information content (AvgIpc) is 3.26. The Morgan fingerprint density at radius 1 is 1.12 bits per heavy atom. The van der Waals surface area contributed by atoms with Gasteiger partial charge in [-0.1, -0.05) is 57.9 Å². The zero-order chi connectivity index (χ0) is 17.3. The van der Waals surface area contributed by atoms with Crippen LogP contribution in [0.5, 0.6) is 0 Å². The Kier molecular flexibility index (Phi) is 9.27. The summed E-state index contributed by atoms with van der Waals surface area (Å²) in [6, 6.07) is 7.56. The fourth-order valence-electron chi connectivity index (χ4n) is 3.60. The molecule has 0 unspecified atom stereocenters. The van der Waals surface area contributed by atoms with Crippen molar-refractivity contribution in [2.45, 2.75) is 77.2 Å². The molecular formula is C21H34ClN3O. The van der Waals surface area contributed by atoms with E-state index in [2.05, 4.69) is 40.7 Å². The van der Waals surface area contributed by atoms with E-state index in [0.29, 0.717) is 12.1 Å². The number of nitrogens with zero attached hydrogens (tertiary/aromatic N) is 1. The maximum Gasteiger partial charge on any atom is 0.295 e. The van der Waals surface area contributed by atoms with Crippen LogP contribution in [0.15, 0.2) is 22.6 Å². The van der Waals surface area contributed by atoms with Crippen LogP contribution < -0.4 is 10.6 Å². The molecule has 2 aromatic rings. The molecule has 0 amide bonds. The van der Waals surface area contributed by atoms with E-state index in [1.165, 1.54) is 56.9 Å². The van der Waals surface area contributed by atoms with Crippen molar-refractivity contribution < 1.29 is 4.42 Å². The predicted molar refractivity (Wildman–Crippen MR) is 112 cm³/mol. The summed E-state index contributed by atoms with van der Waals surface area (Å²) in [5.74, 6) is 0. The summed E-state index contributed by atoms with van der Waals surface area (Å²) >= 11 is 0. The Balaban J connectivity index is 0.00000243. The van der Waals surface area contributed by atoms with E-state index in [4.69, 9.17) is 4.42 Å². The van der Waals surface area contributed by atoms with Gasteiger partial charge in [0.15, 0.2) is 5.58 Å². The fourth-order valence-corrected chi connectivity index (χ4v) is 3.60. The quantitative estimate of drug-likeness (QED) is 0.491. The number of aromatic nitrogens is 1. The van der Waals surface area contributed by atoms with Gasteiger partial charge in [0.2, 0.25) is 0 Å². The standard InChI is InChI=1S/C21H33N3O.ClH/c1-2-3-4-5-6-7-8-9-10-17-11-12-19-20(15-17)25-21(24-19)23-18-13-14-22-16-18;/h11-12,15,18,22H,2-10,13-14,16H2,1H3,(H,23,24);1H/t18-;/m1./s1. The molecule has 3 rings (SSSR count). The van der Waals surface area contributed by atoms with Gasteiger partial charge in [0.05, 0.1) is 0 Å². The van der Waals surface area contributed by atoms with Gasteiger partial charge in [-0.15, -0.1) is 12.4 Å². The van der Waals surface area contributed by atoms with Crippen molar-refractivity contribution in [2.24, 2.45) is 0 Å². The first kappa shape index (κ1) is 21.0. The lowest BCUT2D eigenvalue weighted by atomic mass is 10.0. The van der Waals surface area contributed by atoms with Gasteiger partial charge < -0.3 is 15.1 Å². The first-order valence-corrected chi connectivity index (χ1v) is 10.2. The highest BCUT2D eigenvalue weighted by Crippen LogP contribution is 2.22. The SMILES string of the molecule is CCCCCCCCCCc1ccc2nc(N[C@@H]3CCNC3)oc2c1.Cl. The summed E-state index contributed by atoms with van der Waals surface area (Å²) in [6.07, 6.45) is 13.2. The van der Waals surface area contributed by atoms with Crippen LogP contribution in [0, 0.1) is 0 Å². The molecule has 2 N–H and O–H groups in total. The molecule has 0 radical (unpaired) electrons. The van der Waals surface area contributed by atoms with Gasteiger partial charge >= 0.3 is 0 Å². The minimum Gasteiger partial charge on any atom is -0.424 e. The molecule has 1 aliphatic heterocycles. The number of fused-ring (bicyclic) bond motifs is 1. The smallest absolute Gasteiger partial charge is 0.295 e. The lowest BCUT2D eigenvalue weighted by Gasteiger charge is -2.07. The van der Waals surface area contributed by atoms with Crippen LogP contribution in [0.4, 0.5) is 6.01 Å². The minimum atomic E-state index is 0. The lowest BCUT2D eigenvalue weighted by molar-refractivity contribution is 0.575. The molecule has 0 bridgehead atoms. The van der Waals surface area contributed by atoms with E-state index in [9.17, 15) is 0 Å². The van der Waals surface area contributed by atoms with Crippen molar-refractivity contribution in [3.8, 4) is 0 Å². The Bertz CT molecular complexity index is 637. The van der Waals surface area contributed by atoms with Crippen LogP contribution in [0.2, 0.25) is 0 Å². The zero-order valence-corrected chi connectivity index (χ0v) is 16.9. The Morgan fingerprint density at radius 3 is 2.62 bits per heavy atom. The van der Waals surface area contributed by atoms with Gasteiger partial charge in [-0.05, 0) is 43.5 Å². The third kappa shape index (κ3) is 6.48. The number of benzene rings is 1. The molecule has 4 nitrogen and oxygen atoms in total. The summed E-state index contributed by atoms with van der Waals surface area (Å²) < 4.78 is 5.90. The number of oxazole rings is 1. The Morgan fingerprint density at radius 2 is 1.88 bits per heavy atom. The number of hydrogen-bond acceptors (Lipinski definition) is 4. The molecule has 0 spiro atoms. The normalized spacial score (nSPS) is 16.7. The van der Waals surface area contributed by atoms with Crippen molar-refractivity contribution in [3.63, 3.8) is 0 Å². The topological polar surface area (TPSA) is 50.1 Å². The Hall–Kier alpha value is -1.26. The first-order valence-electron chi connectivity index (χ1n) is 10.2. The zero-order valence-electron chi connectivity index (χ0n) is 16.1. The second-order valence-electron chi connectivity index (χ2n) is 7.38. The number of halogens is 1. The molecule has 146 valence electrons. The summed E-state index contributed by atoms with van der Waals surface area (Å²) in [5, 5.41) is 6.74. The molecule has 1 aromatic carbocycles. The molecule has 0 aliphatic carbocycles. The van der Waals surface area contributed by atoms with Crippen molar-refractivity contribution in [3.05, 3.63) is 23.8 Å². The van der Waals surface area contributed by atoms with E-state index < -0.39 is 0 Å². The highest BCUT2D eigenvalue weighted by molar-refractivity contribution is 5.85. The molecule has 2 heterocycles. The van der Waals surface area contributed by atoms with Crippen LogP contribution >= 0.6 is 12.4 Å². The number of nitrogens with one attached hydrogen (secondary N) is 2. The molecule has 26 heavy (non-hydrogen) atoms. The average molecular weight is 380 g/mol. The number of hydrogen-bond donors (Lipinski definition) is 2. The number of anilines is 1. The molecule has 1 atom stereocenters. The van der Waals surface area contributed by atoms with Gasteiger partial charge in [-0.25, -0.2) is 0 Å². The van der Waals surface area contributed by atoms with E-state index in [1.807, 2.05) is 0 Å². The van der Waals surface area contributed by atoms with E-state index in [0.717, 1.165) is 37.0 Å². The molecular weight excluding hydrogens is 346 g/mol. The summed E-state index contributed by atoms with van der Waals surface area (Å²) in [7, 11) is 0. The number of unbranched alkanes of at least 4 members (excludes halogenated alkanes) is 7. The molecule has 1 aromatic heterocycles. The van der Waals surface area contributed by atoms with Crippen molar-refractivity contribution in [1.82, 2.24) is 10.3 Å². The minimum absolute atomic E-state index is 0.